The second-order valence-electron chi connectivity index (χ2n) is 7.61. The minimum absolute atomic E-state index is 0.374. The van der Waals surface area contributed by atoms with Crippen LogP contribution < -0.4 is 16.4 Å². The average Bonchev–Trinajstić information content (AvgIpc) is 3.08. The van der Waals surface area contributed by atoms with E-state index in [2.05, 4.69) is 33.0 Å². The predicted molar refractivity (Wildman–Crippen MR) is 119 cm³/mol. The molecular formula is C23H23N7O. The Hall–Kier alpha value is -3.78. The largest absolute Gasteiger partial charge is 0.366 e. The Balaban J connectivity index is 1.59. The van der Waals surface area contributed by atoms with E-state index in [1.807, 2.05) is 24.3 Å². The zero-order valence-corrected chi connectivity index (χ0v) is 17.0. The first-order valence-electron chi connectivity index (χ1n) is 10.4. The van der Waals surface area contributed by atoms with Crippen LogP contribution in [0.15, 0.2) is 48.5 Å². The highest BCUT2D eigenvalue weighted by Crippen LogP contribution is 2.29. The summed E-state index contributed by atoms with van der Waals surface area (Å²) in [5, 5.41) is 15.1. The van der Waals surface area contributed by atoms with E-state index in [4.69, 9.17) is 15.7 Å². The fourth-order valence-corrected chi connectivity index (χ4v) is 3.98. The third-order valence-electron chi connectivity index (χ3n) is 5.54. The predicted octanol–water partition coefficient (Wildman–Crippen LogP) is 2.77. The Morgan fingerprint density at radius 2 is 1.97 bits per heavy atom. The maximum absolute atomic E-state index is 11.8. The summed E-state index contributed by atoms with van der Waals surface area (Å²) in [7, 11) is 0. The van der Waals surface area contributed by atoms with Gasteiger partial charge < -0.3 is 16.4 Å². The highest BCUT2D eigenvalue weighted by atomic mass is 16.1. The molecule has 8 heteroatoms. The van der Waals surface area contributed by atoms with E-state index in [-0.39, 0.29) is 0 Å². The van der Waals surface area contributed by atoms with Crippen LogP contribution in [-0.2, 0) is 19.5 Å². The Labute approximate surface area is 179 Å². The number of aromatic amines is 1. The third kappa shape index (κ3) is 3.73. The van der Waals surface area contributed by atoms with Crippen LogP contribution in [0.1, 0.15) is 33.6 Å². The lowest BCUT2D eigenvalue weighted by Crippen LogP contribution is -2.14. The van der Waals surface area contributed by atoms with Gasteiger partial charge in [0.05, 0.1) is 11.3 Å². The summed E-state index contributed by atoms with van der Waals surface area (Å²) in [6.45, 7) is 2.30. The van der Waals surface area contributed by atoms with Gasteiger partial charge in [0.2, 0.25) is 0 Å². The molecule has 0 atom stereocenters. The van der Waals surface area contributed by atoms with Crippen molar-refractivity contribution >= 4 is 22.6 Å². The zero-order valence-electron chi connectivity index (χ0n) is 17.0. The van der Waals surface area contributed by atoms with Gasteiger partial charge in [0.25, 0.3) is 5.91 Å². The SMILES string of the molecule is NC(=O)c1cccc2c(-c3nc4c(c(NCc5ccccc5)n3)CCCNC4)[nH]nc12. The third-order valence-corrected chi connectivity index (χ3v) is 5.54. The number of para-hydroxylation sites is 1. The standard InChI is InChI=1S/C23H23N7O/c24-21(31)17-9-4-8-16-19(17)29-30-20(16)23-27-18-13-25-11-5-10-15(18)22(28-23)26-12-14-6-2-1-3-7-14/h1-4,6-9,25H,5,10-13H2,(H2,24,31)(H,29,30)(H,26,27,28). The minimum atomic E-state index is -0.513. The Bertz CT molecular complexity index is 1250. The molecular weight excluding hydrogens is 390 g/mol. The number of carbonyl (C=O) groups excluding carboxylic acids is 1. The Morgan fingerprint density at radius 3 is 2.81 bits per heavy atom. The van der Waals surface area contributed by atoms with Gasteiger partial charge >= 0.3 is 0 Å². The lowest BCUT2D eigenvalue weighted by atomic mass is 10.1. The number of aromatic nitrogens is 4. The number of nitrogens with two attached hydrogens (primary N) is 1. The number of amides is 1. The number of H-pyrrole nitrogens is 1. The number of rotatable bonds is 5. The molecule has 0 unspecified atom stereocenters. The van der Waals surface area contributed by atoms with Crippen LogP contribution in [0.3, 0.4) is 0 Å². The molecule has 4 aromatic rings. The van der Waals surface area contributed by atoms with Crippen molar-refractivity contribution in [1.29, 1.82) is 0 Å². The summed E-state index contributed by atoms with van der Waals surface area (Å²) in [4.78, 5) is 21.5. The van der Waals surface area contributed by atoms with Gasteiger partial charge in [0.1, 0.15) is 17.0 Å². The number of benzene rings is 2. The Morgan fingerprint density at radius 1 is 1.10 bits per heavy atom. The molecule has 3 heterocycles. The summed E-state index contributed by atoms with van der Waals surface area (Å²) in [6.07, 6.45) is 1.94. The molecule has 0 radical (unpaired) electrons. The van der Waals surface area contributed by atoms with Gasteiger partial charge in [-0.15, -0.1) is 0 Å². The minimum Gasteiger partial charge on any atom is -0.366 e. The van der Waals surface area contributed by atoms with E-state index in [1.165, 1.54) is 5.56 Å². The first-order chi connectivity index (χ1) is 15.2. The summed E-state index contributed by atoms with van der Waals surface area (Å²) < 4.78 is 0. The number of hydrogen-bond donors (Lipinski definition) is 4. The topological polar surface area (TPSA) is 122 Å². The van der Waals surface area contributed by atoms with E-state index in [1.54, 1.807) is 12.1 Å². The molecule has 0 saturated heterocycles. The molecule has 1 aliphatic rings. The summed E-state index contributed by atoms with van der Waals surface area (Å²) in [5.41, 5.74) is 10.4. The molecule has 0 fully saturated rings. The van der Waals surface area contributed by atoms with Crippen molar-refractivity contribution in [1.82, 2.24) is 25.5 Å². The summed E-state index contributed by atoms with van der Waals surface area (Å²) >= 11 is 0. The van der Waals surface area contributed by atoms with Gasteiger partial charge in [-0.3, -0.25) is 9.89 Å². The number of nitrogens with one attached hydrogen (secondary N) is 3. The van der Waals surface area contributed by atoms with E-state index < -0.39 is 5.91 Å². The number of carbonyl (C=O) groups is 1. The normalized spacial score (nSPS) is 13.5. The molecule has 0 bridgehead atoms. The number of primary amides is 1. The van der Waals surface area contributed by atoms with Crippen LogP contribution >= 0.6 is 0 Å². The second-order valence-corrected chi connectivity index (χ2v) is 7.61. The van der Waals surface area contributed by atoms with Gasteiger partial charge in [0.15, 0.2) is 5.82 Å². The summed E-state index contributed by atoms with van der Waals surface area (Å²) in [6, 6.07) is 15.6. The van der Waals surface area contributed by atoms with Gasteiger partial charge in [-0.2, -0.15) is 5.10 Å². The molecule has 2 aromatic heterocycles. The van der Waals surface area contributed by atoms with Crippen LogP contribution in [0, 0.1) is 0 Å². The lowest BCUT2D eigenvalue weighted by molar-refractivity contribution is 0.100. The van der Waals surface area contributed by atoms with Crippen LogP contribution in [0.25, 0.3) is 22.4 Å². The molecule has 5 rings (SSSR count). The molecule has 0 spiro atoms. The van der Waals surface area contributed by atoms with Crippen LogP contribution in [0.2, 0.25) is 0 Å². The molecule has 31 heavy (non-hydrogen) atoms. The van der Waals surface area contributed by atoms with E-state index in [9.17, 15) is 4.79 Å². The zero-order chi connectivity index (χ0) is 21.2. The van der Waals surface area contributed by atoms with Crippen molar-refractivity contribution < 1.29 is 4.79 Å². The first-order valence-corrected chi connectivity index (χ1v) is 10.4. The van der Waals surface area contributed by atoms with Crippen molar-refractivity contribution in [2.45, 2.75) is 25.9 Å². The van der Waals surface area contributed by atoms with Crippen LogP contribution in [0.5, 0.6) is 0 Å². The molecule has 2 aromatic carbocycles. The molecule has 5 N–H and O–H groups in total. The quantitative estimate of drug-likeness (QED) is 0.399. The lowest BCUT2D eigenvalue weighted by Gasteiger charge is -2.15. The van der Waals surface area contributed by atoms with Crippen molar-refractivity contribution in [3.63, 3.8) is 0 Å². The molecule has 0 saturated carbocycles. The highest BCUT2D eigenvalue weighted by Gasteiger charge is 2.20. The van der Waals surface area contributed by atoms with Crippen molar-refractivity contribution in [3.8, 4) is 11.5 Å². The maximum atomic E-state index is 11.8. The monoisotopic (exact) mass is 413 g/mol. The van der Waals surface area contributed by atoms with Crippen molar-refractivity contribution in [3.05, 3.63) is 70.9 Å². The van der Waals surface area contributed by atoms with Gasteiger partial charge in [-0.25, -0.2) is 9.97 Å². The maximum Gasteiger partial charge on any atom is 0.250 e. The average molecular weight is 413 g/mol. The first kappa shape index (κ1) is 19.2. The van der Waals surface area contributed by atoms with Crippen LogP contribution in [-0.4, -0.2) is 32.6 Å². The number of hydrogen-bond acceptors (Lipinski definition) is 6. The highest BCUT2D eigenvalue weighted by molar-refractivity contribution is 6.07. The van der Waals surface area contributed by atoms with Gasteiger partial charge in [-0.1, -0.05) is 42.5 Å². The van der Waals surface area contributed by atoms with E-state index in [0.29, 0.717) is 35.7 Å². The van der Waals surface area contributed by atoms with E-state index in [0.717, 1.165) is 41.8 Å². The molecule has 156 valence electrons. The van der Waals surface area contributed by atoms with Gasteiger partial charge in [0, 0.05) is 24.0 Å². The smallest absolute Gasteiger partial charge is 0.250 e. The Kier molecular flexibility index (Phi) is 5.05. The van der Waals surface area contributed by atoms with Crippen molar-refractivity contribution in [2.24, 2.45) is 5.73 Å². The second kappa shape index (κ2) is 8.16. The molecule has 0 aliphatic carbocycles. The van der Waals surface area contributed by atoms with E-state index >= 15 is 0 Å². The molecule has 8 nitrogen and oxygen atoms in total. The number of fused-ring (bicyclic) bond motifs is 2. The fourth-order valence-electron chi connectivity index (χ4n) is 3.98. The summed E-state index contributed by atoms with van der Waals surface area (Å²) in [5.74, 6) is 0.865. The molecule has 1 amide bonds. The molecule has 1 aliphatic heterocycles. The fraction of sp³-hybridized carbons (Fsp3) is 0.217. The number of nitrogens with zero attached hydrogens (tertiary/aromatic N) is 3. The van der Waals surface area contributed by atoms with Crippen molar-refractivity contribution in [2.75, 3.05) is 11.9 Å². The number of anilines is 1. The van der Waals surface area contributed by atoms with Crippen LogP contribution in [0.4, 0.5) is 5.82 Å². The van der Waals surface area contributed by atoms with Gasteiger partial charge in [-0.05, 0) is 31.0 Å².